The molecular formula is C28H29FN2O2. The zero-order valence-electron chi connectivity index (χ0n) is 18.7. The second-order valence-corrected chi connectivity index (χ2v) is 8.66. The number of benzene rings is 3. The van der Waals surface area contributed by atoms with Crippen LogP contribution in [0.1, 0.15) is 24.0 Å². The van der Waals surface area contributed by atoms with Gasteiger partial charge in [0.05, 0.1) is 0 Å². The largest absolute Gasteiger partial charge is 0.490 e. The average molecular weight is 445 g/mol. The van der Waals surface area contributed by atoms with E-state index in [1.807, 2.05) is 24.3 Å². The normalized spacial score (nSPS) is 15.1. The van der Waals surface area contributed by atoms with Crippen molar-refractivity contribution >= 4 is 10.9 Å². The Labute approximate surface area is 194 Å². The first-order valence-electron chi connectivity index (χ1n) is 11.6. The van der Waals surface area contributed by atoms with Gasteiger partial charge < -0.3 is 19.4 Å². The first kappa shape index (κ1) is 21.5. The van der Waals surface area contributed by atoms with E-state index in [2.05, 4.69) is 40.3 Å². The zero-order chi connectivity index (χ0) is 22.5. The van der Waals surface area contributed by atoms with Gasteiger partial charge in [0, 0.05) is 36.7 Å². The number of rotatable bonds is 8. The molecule has 0 unspecified atom stereocenters. The van der Waals surface area contributed by atoms with Crippen molar-refractivity contribution in [2.24, 2.45) is 0 Å². The summed E-state index contributed by atoms with van der Waals surface area (Å²) < 4.78 is 25.1. The van der Waals surface area contributed by atoms with Gasteiger partial charge in [0.15, 0.2) is 0 Å². The number of H-pyrrole nitrogens is 1. The highest BCUT2D eigenvalue weighted by Crippen LogP contribution is 2.26. The molecule has 170 valence electrons. The smallest absolute Gasteiger partial charge is 0.123 e. The third-order valence-electron chi connectivity index (χ3n) is 6.34. The van der Waals surface area contributed by atoms with Gasteiger partial charge >= 0.3 is 0 Å². The molecule has 1 saturated heterocycles. The lowest BCUT2D eigenvalue weighted by molar-refractivity contribution is 0.101. The Balaban J connectivity index is 1.13. The molecule has 4 aromatic rings. The maximum atomic E-state index is 13.1. The number of ether oxygens (including phenoxy) is 2. The van der Waals surface area contributed by atoms with Gasteiger partial charge in [0.1, 0.15) is 30.0 Å². The van der Waals surface area contributed by atoms with E-state index in [-0.39, 0.29) is 11.9 Å². The molecule has 5 rings (SSSR count). The van der Waals surface area contributed by atoms with Crippen LogP contribution in [0.4, 0.5) is 4.39 Å². The predicted molar refractivity (Wildman–Crippen MR) is 129 cm³/mol. The molecule has 0 bridgehead atoms. The summed E-state index contributed by atoms with van der Waals surface area (Å²) in [5.41, 5.74) is 3.63. The van der Waals surface area contributed by atoms with Gasteiger partial charge in [-0.15, -0.1) is 0 Å². The van der Waals surface area contributed by atoms with Gasteiger partial charge in [-0.3, -0.25) is 0 Å². The van der Waals surface area contributed by atoms with Crippen LogP contribution < -0.4 is 9.47 Å². The van der Waals surface area contributed by atoms with Gasteiger partial charge in [-0.1, -0.05) is 30.3 Å². The molecule has 1 N–H and O–H groups in total. The molecule has 0 amide bonds. The van der Waals surface area contributed by atoms with E-state index in [4.69, 9.17) is 9.47 Å². The first-order chi connectivity index (χ1) is 16.2. The number of hydrogen-bond acceptors (Lipinski definition) is 3. The van der Waals surface area contributed by atoms with Crippen LogP contribution >= 0.6 is 0 Å². The third kappa shape index (κ3) is 5.55. The summed E-state index contributed by atoms with van der Waals surface area (Å²) in [5.74, 6) is 1.41. The number of hydrogen-bond donors (Lipinski definition) is 1. The Bertz CT molecular complexity index is 1170. The minimum atomic E-state index is -0.232. The maximum Gasteiger partial charge on any atom is 0.123 e. The number of halogens is 1. The van der Waals surface area contributed by atoms with Crippen molar-refractivity contribution in [3.8, 4) is 11.5 Å². The molecule has 0 saturated carbocycles. The molecule has 1 aromatic heterocycles. The maximum absolute atomic E-state index is 13.1. The van der Waals surface area contributed by atoms with E-state index in [9.17, 15) is 4.39 Å². The fourth-order valence-corrected chi connectivity index (χ4v) is 4.43. The van der Waals surface area contributed by atoms with E-state index in [1.165, 1.54) is 28.6 Å². The molecule has 0 radical (unpaired) electrons. The summed E-state index contributed by atoms with van der Waals surface area (Å²) in [4.78, 5) is 5.89. The number of piperidine rings is 1. The molecule has 0 aliphatic carbocycles. The number of aromatic amines is 1. The fourth-order valence-electron chi connectivity index (χ4n) is 4.43. The van der Waals surface area contributed by atoms with Crippen LogP contribution in [-0.4, -0.2) is 35.6 Å². The van der Waals surface area contributed by atoms with E-state index >= 15 is 0 Å². The average Bonchev–Trinajstić information content (AvgIpc) is 3.27. The molecule has 33 heavy (non-hydrogen) atoms. The zero-order valence-corrected chi connectivity index (χ0v) is 18.7. The number of fused-ring (bicyclic) bond motifs is 1. The van der Waals surface area contributed by atoms with Crippen molar-refractivity contribution < 1.29 is 13.9 Å². The molecule has 2 heterocycles. The van der Waals surface area contributed by atoms with Gasteiger partial charge in [-0.2, -0.15) is 0 Å². The minimum absolute atomic E-state index is 0.198. The fraction of sp³-hybridized carbons (Fsp3) is 0.286. The molecule has 1 aliphatic rings. The number of nitrogens with zero attached hydrogens (tertiary/aromatic N) is 1. The Morgan fingerprint density at radius 2 is 1.67 bits per heavy atom. The SMILES string of the molecule is Fc1ccc(OC2CCN(CCc3c[nH]c4ccc(OCc5ccccc5)cc34)CC2)cc1. The van der Waals surface area contributed by atoms with Gasteiger partial charge in [0.2, 0.25) is 0 Å². The summed E-state index contributed by atoms with van der Waals surface area (Å²) in [6.45, 7) is 3.62. The standard InChI is InChI=1S/C28H29FN2O2/c29-23-6-8-24(9-7-23)33-25-13-16-31(17-14-25)15-12-22-19-30-28-11-10-26(18-27(22)28)32-20-21-4-2-1-3-5-21/h1-11,18-19,25,30H,12-17,20H2. The highest BCUT2D eigenvalue weighted by molar-refractivity contribution is 5.84. The van der Waals surface area contributed by atoms with Crippen LogP contribution in [-0.2, 0) is 13.0 Å². The number of likely N-dealkylation sites (tertiary alicyclic amines) is 1. The van der Waals surface area contributed by atoms with Crippen LogP contribution in [0.15, 0.2) is 79.0 Å². The van der Waals surface area contributed by atoms with E-state index in [0.717, 1.165) is 55.9 Å². The Morgan fingerprint density at radius 1 is 0.909 bits per heavy atom. The summed E-state index contributed by atoms with van der Waals surface area (Å²) in [5, 5.41) is 1.23. The summed E-state index contributed by atoms with van der Waals surface area (Å²) in [6, 6.07) is 22.8. The predicted octanol–water partition coefficient (Wildman–Crippen LogP) is 5.97. The van der Waals surface area contributed by atoms with Gasteiger partial charge in [-0.25, -0.2) is 4.39 Å². The quantitative estimate of drug-likeness (QED) is 0.364. The number of aromatic nitrogens is 1. The Kier molecular flexibility index (Phi) is 6.58. The Morgan fingerprint density at radius 3 is 2.45 bits per heavy atom. The van der Waals surface area contributed by atoms with E-state index < -0.39 is 0 Å². The first-order valence-corrected chi connectivity index (χ1v) is 11.6. The van der Waals surface area contributed by atoms with Crippen LogP contribution in [0.2, 0.25) is 0 Å². The lowest BCUT2D eigenvalue weighted by Gasteiger charge is -2.32. The topological polar surface area (TPSA) is 37.5 Å². The van der Waals surface area contributed by atoms with Crippen molar-refractivity contribution in [1.29, 1.82) is 0 Å². The van der Waals surface area contributed by atoms with Crippen LogP contribution in [0.3, 0.4) is 0 Å². The van der Waals surface area contributed by atoms with Crippen molar-refractivity contribution in [1.82, 2.24) is 9.88 Å². The van der Waals surface area contributed by atoms with Crippen molar-refractivity contribution in [3.63, 3.8) is 0 Å². The van der Waals surface area contributed by atoms with Gasteiger partial charge in [0.25, 0.3) is 0 Å². The van der Waals surface area contributed by atoms with E-state index in [0.29, 0.717) is 6.61 Å². The molecule has 1 aliphatic heterocycles. The summed E-state index contributed by atoms with van der Waals surface area (Å²) in [7, 11) is 0. The van der Waals surface area contributed by atoms with Crippen LogP contribution in [0.5, 0.6) is 11.5 Å². The lowest BCUT2D eigenvalue weighted by Crippen LogP contribution is -2.39. The Hall–Kier alpha value is -3.31. The number of nitrogens with one attached hydrogen (secondary N) is 1. The van der Waals surface area contributed by atoms with Crippen LogP contribution in [0.25, 0.3) is 10.9 Å². The van der Waals surface area contributed by atoms with Gasteiger partial charge in [-0.05, 0) is 72.9 Å². The second-order valence-electron chi connectivity index (χ2n) is 8.66. The molecule has 4 nitrogen and oxygen atoms in total. The molecule has 0 atom stereocenters. The molecule has 5 heteroatoms. The highest BCUT2D eigenvalue weighted by Gasteiger charge is 2.20. The second kappa shape index (κ2) is 10.1. The summed E-state index contributed by atoms with van der Waals surface area (Å²) >= 11 is 0. The van der Waals surface area contributed by atoms with Crippen LogP contribution in [0, 0.1) is 5.82 Å². The molecule has 1 fully saturated rings. The molecule has 3 aromatic carbocycles. The van der Waals surface area contributed by atoms with Crippen molar-refractivity contribution in [3.05, 3.63) is 95.9 Å². The van der Waals surface area contributed by atoms with Crippen molar-refractivity contribution in [2.45, 2.75) is 32.0 Å². The van der Waals surface area contributed by atoms with Crippen molar-refractivity contribution in [2.75, 3.05) is 19.6 Å². The monoisotopic (exact) mass is 444 g/mol. The molecule has 0 spiro atoms. The molecular weight excluding hydrogens is 415 g/mol. The third-order valence-corrected chi connectivity index (χ3v) is 6.34. The highest BCUT2D eigenvalue weighted by atomic mass is 19.1. The lowest BCUT2D eigenvalue weighted by atomic mass is 10.1. The van der Waals surface area contributed by atoms with E-state index in [1.54, 1.807) is 12.1 Å². The summed E-state index contributed by atoms with van der Waals surface area (Å²) in [6.07, 6.45) is 5.29. The minimum Gasteiger partial charge on any atom is -0.490 e.